The summed E-state index contributed by atoms with van der Waals surface area (Å²) in [5.74, 6) is 3.44. The van der Waals surface area contributed by atoms with Crippen LogP contribution in [0.4, 0.5) is 0 Å². The normalized spacial score (nSPS) is 11.6. The number of aromatic nitrogens is 6. The summed E-state index contributed by atoms with van der Waals surface area (Å²) >= 11 is 0. The highest BCUT2D eigenvalue weighted by Crippen LogP contribution is 2.43. The van der Waals surface area contributed by atoms with Gasteiger partial charge < -0.3 is 8.83 Å². The quantitative estimate of drug-likeness (QED) is 0.112. The van der Waals surface area contributed by atoms with E-state index in [0.717, 1.165) is 166 Å². The molecule has 0 aliphatic heterocycles. The number of hydrogen-bond donors (Lipinski definition) is 0. The first-order chi connectivity index (χ1) is 52.4. The van der Waals surface area contributed by atoms with Crippen molar-refractivity contribution < 1.29 is 8.83 Å². The molecule has 0 amide bonds. The minimum absolute atomic E-state index is 0.561. The number of hydrogen-bond acceptors (Lipinski definition) is 8. The summed E-state index contributed by atoms with van der Waals surface area (Å²) in [5, 5.41) is 8.36. The van der Waals surface area contributed by atoms with E-state index >= 15 is 0 Å². The van der Waals surface area contributed by atoms with E-state index in [0.29, 0.717) is 34.9 Å². The topological polar surface area (TPSA) is 104 Å². The fraction of sp³-hybridized carbons (Fsp3) is 0. The molecule has 16 aromatic carbocycles. The van der Waals surface area contributed by atoms with E-state index in [1.165, 1.54) is 11.1 Å². The van der Waals surface area contributed by atoms with Gasteiger partial charge in [0.2, 0.25) is 0 Å². The first kappa shape index (κ1) is 61.5. The van der Waals surface area contributed by atoms with Crippen molar-refractivity contribution in [3.63, 3.8) is 0 Å². The fourth-order valence-electron chi connectivity index (χ4n) is 14.9. The Morgan fingerprint density at radius 1 is 0.151 bits per heavy atom. The van der Waals surface area contributed by atoms with Crippen LogP contribution >= 0.6 is 0 Å². The minimum Gasteiger partial charge on any atom is -0.456 e. The van der Waals surface area contributed by atoms with Crippen molar-refractivity contribution in [3.05, 3.63) is 364 Å². The Kier molecular flexibility index (Phi) is 15.0. The molecule has 4 aromatic heterocycles. The van der Waals surface area contributed by atoms with Crippen LogP contribution in [0.3, 0.4) is 0 Å². The van der Waals surface area contributed by atoms with Crippen molar-refractivity contribution >= 4 is 65.4 Å². The van der Waals surface area contributed by atoms with E-state index in [4.69, 9.17) is 38.7 Å². The van der Waals surface area contributed by atoms with Gasteiger partial charge >= 0.3 is 0 Å². The maximum atomic E-state index is 6.63. The van der Waals surface area contributed by atoms with Gasteiger partial charge in [0.05, 0.1) is 0 Å². The zero-order chi connectivity index (χ0) is 70.0. The molecule has 0 aliphatic rings. The van der Waals surface area contributed by atoms with Crippen molar-refractivity contribution in [2.45, 2.75) is 0 Å². The number of fused-ring (bicyclic) bond motifs is 8. The van der Waals surface area contributed by atoms with E-state index in [-0.39, 0.29) is 0 Å². The molecule has 8 nitrogen and oxygen atoms in total. The van der Waals surface area contributed by atoms with Crippen LogP contribution in [-0.2, 0) is 0 Å². The smallest absolute Gasteiger partial charge is 0.164 e. The lowest BCUT2D eigenvalue weighted by Gasteiger charge is -2.12. The van der Waals surface area contributed by atoms with Crippen molar-refractivity contribution in [3.8, 4) is 146 Å². The molecule has 20 aromatic rings. The van der Waals surface area contributed by atoms with E-state index in [2.05, 4.69) is 315 Å². The maximum Gasteiger partial charge on any atom is 0.164 e. The summed E-state index contributed by atoms with van der Waals surface area (Å²) in [6.45, 7) is 0. The summed E-state index contributed by atoms with van der Waals surface area (Å²) in [7, 11) is 0. The van der Waals surface area contributed by atoms with Crippen LogP contribution in [-0.4, -0.2) is 29.9 Å². The van der Waals surface area contributed by atoms with Crippen LogP contribution in [0.25, 0.3) is 212 Å². The summed E-state index contributed by atoms with van der Waals surface area (Å²) < 4.78 is 13.2. The van der Waals surface area contributed by atoms with Crippen molar-refractivity contribution in [2.75, 3.05) is 0 Å². The van der Waals surface area contributed by atoms with Gasteiger partial charge in [-0.25, -0.2) is 29.9 Å². The number of para-hydroxylation sites is 1. The summed E-state index contributed by atoms with van der Waals surface area (Å²) in [6, 6.07) is 128. The first-order valence-electron chi connectivity index (χ1n) is 35.6. The standard InChI is InChI=1S/C98H60N6O2/c1-4-15-61(16-5-1)65-27-29-67(30-28-65)70-39-46-74(47-40-70)93-99-96(103-97(101-93)85-24-14-26-88-91(85)84-54-53-78(59-89(84)106-88)62-17-6-2-7-18-62)80-52-45-73-43-50-77(56-81(73)57-80)72-37-35-69(36-38-72)66-31-33-68(34-32-66)71-41-48-75(49-42-71)94-100-95(79-51-44-64-21-10-11-22-76(64)55-79)104-98(102-94)86-58-82(63-19-8-3-9-20-63)60-90-92(86)83-23-12-13-25-87(83)105-90/h1-60H. The van der Waals surface area contributed by atoms with E-state index < -0.39 is 0 Å². The second-order valence-corrected chi connectivity index (χ2v) is 26.9. The highest BCUT2D eigenvalue weighted by molar-refractivity contribution is 6.14. The molecule has 0 saturated carbocycles. The molecule has 0 unspecified atom stereocenters. The second-order valence-electron chi connectivity index (χ2n) is 26.9. The van der Waals surface area contributed by atoms with Gasteiger partial charge in [-0.1, -0.05) is 309 Å². The van der Waals surface area contributed by atoms with Crippen molar-refractivity contribution in [1.29, 1.82) is 0 Å². The van der Waals surface area contributed by atoms with E-state index in [1.807, 2.05) is 48.5 Å². The number of nitrogens with zero attached hydrogens (tertiary/aromatic N) is 6. The van der Waals surface area contributed by atoms with Crippen LogP contribution in [0, 0.1) is 0 Å². The van der Waals surface area contributed by atoms with Crippen LogP contribution in [0.15, 0.2) is 373 Å². The Labute approximate surface area is 610 Å². The zero-order valence-electron chi connectivity index (χ0n) is 57.1. The van der Waals surface area contributed by atoms with Gasteiger partial charge in [-0.15, -0.1) is 0 Å². The fourth-order valence-corrected chi connectivity index (χ4v) is 14.9. The zero-order valence-corrected chi connectivity index (χ0v) is 57.1. The van der Waals surface area contributed by atoms with E-state index in [9.17, 15) is 0 Å². The van der Waals surface area contributed by atoms with Crippen molar-refractivity contribution in [2.24, 2.45) is 0 Å². The average Bonchev–Trinajstić information content (AvgIpc) is 1.56. The van der Waals surface area contributed by atoms with Crippen LogP contribution < -0.4 is 0 Å². The molecule has 0 bridgehead atoms. The van der Waals surface area contributed by atoms with Gasteiger partial charge in [-0.3, -0.25) is 0 Å². The van der Waals surface area contributed by atoms with Crippen molar-refractivity contribution in [1.82, 2.24) is 29.9 Å². The van der Waals surface area contributed by atoms with Crippen LogP contribution in [0.1, 0.15) is 0 Å². The van der Waals surface area contributed by atoms with Gasteiger partial charge in [0, 0.05) is 54.9 Å². The molecule has 20 rings (SSSR count). The maximum absolute atomic E-state index is 6.63. The predicted molar refractivity (Wildman–Crippen MR) is 433 cm³/mol. The molecule has 0 spiro atoms. The third kappa shape index (κ3) is 11.5. The monoisotopic (exact) mass is 1350 g/mol. The Bertz CT molecular complexity index is 6760. The Hall–Kier alpha value is -14.3. The summed E-state index contributed by atoms with van der Waals surface area (Å²) in [5.41, 5.74) is 24.0. The first-order valence-corrected chi connectivity index (χ1v) is 35.6. The Morgan fingerprint density at radius 3 is 1.02 bits per heavy atom. The van der Waals surface area contributed by atoms with Crippen LogP contribution in [0.5, 0.6) is 0 Å². The molecular weight excluding hydrogens is 1290 g/mol. The average molecular weight is 1350 g/mol. The molecule has 8 heteroatoms. The lowest BCUT2D eigenvalue weighted by molar-refractivity contribution is 0.668. The number of furan rings is 2. The molecule has 0 saturated heterocycles. The minimum atomic E-state index is 0.561. The largest absolute Gasteiger partial charge is 0.456 e. The number of benzene rings is 16. The summed E-state index contributed by atoms with van der Waals surface area (Å²) in [6.07, 6.45) is 0. The highest BCUT2D eigenvalue weighted by Gasteiger charge is 2.23. The van der Waals surface area contributed by atoms with E-state index in [1.54, 1.807) is 0 Å². The third-order valence-electron chi connectivity index (χ3n) is 20.4. The van der Waals surface area contributed by atoms with Gasteiger partial charge in [0.1, 0.15) is 22.3 Å². The Balaban J connectivity index is 0.596. The third-order valence-corrected chi connectivity index (χ3v) is 20.4. The summed E-state index contributed by atoms with van der Waals surface area (Å²) in [4.78, 5) is 31.8. The van der Waals surface area contributed by atoms with Gasteiger partial charge in [0.15, 0.2) is 34.9 Å². The molecule has 4 heterocycles. The molecule has 0 radical (unpaired) electrons. The lowest BCUT2D eigenvalue weighted by Crippen LogP contribution is -2.01. The molecule has 494 valence electrons. The van der Waals surface area contributed by atoms with Gasteiger partial charge in [0.25, 0.3) is 0 Å². The molecule has 0 aliphatic carbocycles. The molecule has 106 heavy (non-hydrogen) atoms. The van der Waals surface area contributed by atoms with Gasteiger partial charge in [-0.05, 0) is 154 Å². The van der Waals surface area contributed by atoms with Gasteiger partial charge in [-0.2, -0.15) is 0 Å². The Morgan fingerprint density at radius 2 is 0.472 bits per heavy atom. The highest BCUT2D eigenvalue weighted by atomic mass is 16.3. The SMILES string of the molecule is c1ccc(-c2ccc(-c3ccc(-c4nc(-c5ccc6ccc(-c7ccc(-c8ccc(-c9ccc(-c%10nc(-c%11ccc%12ccccc%12c%11)nc(-c%11cc(-c%12ccccc%12)cc%12oc%13ccccc%13c%11%12)n%10)cc9)cc8)cc7)cc6c5)nc(-c5cccc6oc7cc(-c8ccccc8)ccc7c56)n4)cc3)cc2)cc1. The predicted octanol–water partition coefficient (Wildman–Crippen LogP) is 25.8. The van der Waals surface area contributed by atoms with Crippen LogP contribution in [0.2, 0.25) is 0 Å². The number of rotatable bonds is 13. The molecule has 0 atom stereocenters. The molecule has 0 fully saturated rings. The molecule has 0 N–H and O–H groups in total. The molecular formula is C98H60N6O2. The lowest BCUT2D eigenvalue weighted by atomic mass is 9.96. The second kappa shape index (κ2) is 25.9.